The van der Waals surface area contributed by atoms with Crippen molar-refractivity contribution < 1.29 is 37.9 Å². The predicted molar refractivity (Wildman–Crippen MR) is 110 cm³/mol. The quantitative estimate of drug-likeness (QED) is 0.132. The largest absolute Gasteiger partial charge is 0.469 e. The summed E-state index contributed by atoms with van der Waals surface area (Å²) in [6.07, 6.45) is 10.7. The molecule has 170 valence electrons. The van der Waals surface area contributed by atoms with E-state index >= 15 is 0 Å². The summed E-state index contributed by atoms with van der Waals surface area (Å²) in [6.45, 7) is 4.91. The van der Waals surface area contributed by atoms with Crippen LogP contribution in [0.15, 0.2) is 12.7 Å². The highest BCUT2D eigenvalue weighted by Crippen LogP contribution is 2.35. The fraction of sp³-hybridized carbons (Fsp3) is 0.800. The molecule has 8 nitrogen and oxygen atoms in total. The Morgan fingerprint density at radius 1 is 0.931 bits per heavy atom. The first-order chi connectivity index (χ1) is 13.8. The minimum atomic E-state index is -4.71. The number of rotatable bonds is 19. The number of phosphoric acid groups is 1. The van der Waals surface area contributed by atoms with Gasteiger partial charge in [0.15, 0.2) is 6.10 Å². The minimum absolute atomic E-state index is 0.193. The molecule has 0 aliphatic carbocycles. The lowest BCUT2D eigenvalue weighted by Gasteiger charge is -2.18. The third-order valence-corrected chi connectivity index (χ3v) is 4.67. The zero-order chi connectivity index (χ0) is 22.0. The van der Waals surface area contributed by atoms with Gasteiger partial charge in [-0.3, -0.25) is 14.1 Å². The summed E-state index contributed by atoms with van der Waals surface area (Å²) in [5, 5.41) is 0. The monoisotopic (exact) mass is 436 g/mol. The second-order valence-corrected chi connectivity index (χ2v) is 8.23. The molecule has 0 unspecified atom stereocenters. The van der Waals surface area contributed by atoms with E-state index in [1.165, 1.54) is 0 Å². The van der Waals surface area contributed by atoms with Crippen molar-refractivity contribution in [3.63, 3.8) is 0 Å². The Hall–Kier alpha value is -1.21. The third kappa shape index (κ3) is 19.9. The van der Waals surface area contributed by atoms with E-state index in [4.69, 9.17) is 19.3 Å². The molecule has 0 rings (SSSR count). The highest BCUT2D eigenvalue weighted by Gasteiger charge is 2.22. The summed E-state index contributed by atoms with van der Waals surface area (Å²) >= 11 is 0. The van der Waals surface area contributed by atoms with Gasteiger partial charge < -0.3 is 19.3 Å². The van der Waals surface area contributed by atoms with Crippen molar-refractivity contribution >= 4 is 19.8 Å². The number of allylic oxidation sites excluding steroid dienone is 1. The van der Waals surface area contributed by atoms with E-state index in [2.05, 4.69) is 18.0 Å². The molecular weight excluding hydrogens is 399 g/mol. The van der Waals surface area contributed by atoms with E-state index in [-0.39, 0.29) is 19.4 Å². The number of carbonyl (C=O) groups is 2. The van der Waals surface area contributed by atoms with E-state index in [0.29, 0.717) is 12.8 Å². The van der Waals surface area contributed by atoms with E-state index in [9.17, 15) is 14.2 Å². The number of hydrogen-bond acceptors (Lipinski definition) is 6. The molecule has 0 fully saturated rings. The second kappa shape index (κ2) is 17.6. The van der Waals surface area contributed by atoms with Crippen LogP contribution in [0.3, 0.4) is 0 Å². The van der Waals surface area contributed by atoms with Crippen molar-refractivity contribution in [3.05, 3.63) is 12.7 Å². The molecular formula is C20H37O8P. The Labute approximate surface area is 174 Å². The van der Waals surface area contributed by atoms with Crippen LogP contribution in [0, 0.1) is 0 Å². The molecule has 2 N–H and O–H groups in total. The Bertz CT molecular complexity index is 503. The average molecular weight is 436 g/mol. The molecule has 0 aromatic carbocycles. The molecule has 29 heavy (non-hydrogen) atoms. The molecule has 0 saturated heterocycles. The highest BCUT2D eigenvalue weighted by atomic mass is 31.2. The van der Waals surface area contributed by atoms with Crippen LogP contribution < -0.4 is 0 Å². The zero-order valence-electron chi connectivity index (χ0n) is 17.6. The molecule has 0 aliphatic rings. The standard InChI is InChI=1S/C20H37O8P/c1-3-5-7-9-10-11-13-15-20(22)28-18(17-27-29(23,24)25)16-26-19(21)14-12-8-6-4-2/h3,18H,1,4-17H2,2H3,(H2,23,24,25)/t18-/m1/s1. The second-order valence-electron chi connectivity index (χ2n) is 6.99. The number of unbranched alkanes of at least 4 members (excludes halogenated alkanes) is 8. The average Bonchev–Trinajstić information content (AvgIpc) is 2.66. The van der Waals surface area contributed by atoms with E-state index in [0.717, 1.165) is 51.4 Å². The van der Waals surface area contributed by atoms with Gasteiger partial charge in [-0.25, -0.2) is 4.57 Å². The SMILES string of the molecule is C=CCCCCCCCC(=O)O[C@H](COC(=O)CCCCCC)COP(=O)(O)O. The van der Waals surface area contributed by atoms with Crippen LogP contribution in [-0.4, -0.2) is 41.0 Å². The summed E-state index contributed by atoms with van der Waals surface area (Å²) in [6, 6.07) is 0. The number of hydrogen-bond donors (Lipinski definition) is 2. The van der Waals surface area contributed by atoms with E-state index in [1.807, 2.05) is 6.08 Å². The lowest BCUT2D eigenvalue weighted by Crippen LogP contribution is -2.29. The van der Waals surface area contributed by atoms with Crippen molar-refractivity contribution in [2.24, 2.45) is 0 Å². The van der Waals surface area contributed by atoms with Crippen LogP contribution in [0.2, 0.25) is 0 Å². The van der Waals surface area contributed by atoms with Gasteiger partial charge in [-0.05, 0) is 25.7 Å². The Balaban J connectivity index is 4.23. The summed E-state index contributed by atoms with van der Waals surface area (Å²) in [4.78, 5) is 41.4. The van der Waals surface area contributed by atoms with Gasteiger partial charge in [0, 0.05) is 12.8 Å². The van der Waals surface area contributed by atoms with Gasteiger partial charge in [-0.2, -0.15) is 0 Å². The van der Waals surface area contributed by atoms with Crippen LogP contribution in [0.4, 0.5) is 0 Å². The third-order valence-electron chi connectivity index (χ3n) is 4.18. The van der Waals surface area contributed by atoms with Gasteiger partial charge in [0.25, 0.3) is 0 Å². The molecule has 0 radical (unpaired) electrons. The van der Waals surface area contributed by atoms with Gasteiger partial charge >= 0.3 is 19.8 Å². The number of ether oxygens (including phenoxy) is 2. The maximum absolute atomic E-state index is 12.0. The summed E-state index contributed by atoms with van der Waals surface area (Å²) in [7, 11) is -4.71. The Kier molecular flexibility index (Phi) is 16.9. The highest BCUT2D eigenvalue weighted by molar-refractivity contribution is 7.46. The van der Waals surface area contributed by atoms with Crippen LogP contribution >= 0.6 is 7.82 Å². The fourth-order valence-electron chi connectivity index (χ4n) is 2.58. The molecule has 0 heterocycles. The predicted octanol–water partition coefficient (Wildman–Crippen LogP) is 4.44. The smallest absolute Gasteiger partial charge is 0.462 e. The molecule has 0 amide bonds. The first kappa shape index (κ1) is 27.8. The minimum Gasteiger partial charge on any atom is -0.462 e. The van der Waals surface area contributed by atoms with Gasteiger partial charge in [0.2, 0.25) is 0 Å². The van der Waals surface area contributed by atoms with Crippen LogP contribution in [0.5, 0.6) is 0 Å². The van der Waals surface area contributed by atoms with Crippen LogP contribution in [0.1, 0.15) is 84.0 Å². The van der Waals surface area contributed by atoms with E-state index < -0.39 is 32.5 Å². The van der Waals surface area contributed by atoms with Crippen molar-refractivity contribution in [3.8, 4) is 0 Å². The molecule has 0 spiro atoms. The number of esters is 2. The number of phosphoric ester groups is 1. The van der Waals surface area contributed by atoms with Crippen molar-refractivity contribution in [1.82, 2.24) is 0 Å². The van der Waals surface area contributed by atoms with Crippen molar-refractivity contribution in [1.29, 1.82) is 0 Å². The van der Waals surface area contributed by atoms with Gasteiger partial charge in [0.1, 0.15) is 6.61 Å². The lowest BCUT2D eigenvalue weighted by atomic mass is 10.1. The lowest BCUT2D eigenvalue weighted by molar-refractivity contribution is -0.161. The topological polar surface area (TPSA) is 119 Å². The molecule has 0 aliphatic heterocycles. The summed E-state index contributed by atoms with van der Waals surface area (Å²) in [5.41, 5.74) is 0. The first-order valence-electron chi connectivity index (χ1n) is 10.4. The molecule has 0 saturated carbocycles. The van der Waals surface area contributed by atoms with Crippen LogP contribution in [-0.2, 0) is 28.2 Å². The summed E-state index contributed by atoms with van der Waals surface area (Å²) < 4.78 is 25.6. The summed E-state index contributed by atoms with van der Waals surface area (Å²) in [5.74, 6) is -0.938. The molecule has 0 aromatic rings. The molecule has 1 atom stereocenters. The maximum Gasteiger partial charge on any atom is 0.469 e. The zero-order valence-corrected chi connectivity index (χ0v) is 18.4. The van der Waals surface area contributed by atoms with Gasteiger partial charge in [-0.1, -0.05) is 51.5 Å². The van der Waals surface area contributed by atoms with Crippen LogP contribution in [0.25, 0.3) is 0 Å². The molecule has 0 aromatic heterocycles. The van der Waals surface area contributed by atoms with Crippen molar-refractivity contribution in [2.75, 3.05) is 13.2 Å². The molecule has 9 heteroatoms. The normalized spacial score (nSPS) is 12.4. The fourth-order valence-corrected chi connectivity index (χ4v) is 2.94. The van der Waals surface area contributed by atoms with Gasteiger partial charge in [0.05, 0.1) is 6.61 Å². The Morgan fingerprint density at radius 2 is 1.52 bits per heavy atom. The molecule has 0 bridgehead atoms. The Morgan fingerprint density at radius 3 is 2.14 bits per heavy atom. The van der Waals surface area contributed by atoms with E-state index in [1.54, 1.807) is 0 Å². The van der Waals surface area contributed by atoms with Gasteiger partial charge in [-0.15, -0.1) is 6.58 Å². The first-order valence-corrected chi connectivity index (χ1v) is 12.0. The maximum atomic E-state index is 12.0. The number of carbonyl (C=O) groups excluding carboxylic acids is 2. The van der Waals surface area contributed by atoms with Crippen molar-refractivity contribution in [2.45, 2.75) is 90.1 Å².